The summed E-state index contributed by atoms with van der Waals surface area (Å²) >= 11 is 0. The van der Waals surface area contributed by atoms with Crippen molar-refractivity contribution in [2.45, 2.75) is 46.1 Å². The van der Waals surface area contributed by atoms with Crippen LogP contribution in [-0.4, -0.2) is 16.4 Å². The Morgan fingerprint density at radius 1 is 1.19 bits per heavy atom. The van der Waals surface area contributed by atoms with Gasteiger partial charge in [0.25, 0.3) is 5.91 Å². The van der Waals surface area contributed by atoms with Gasteiger partial charge in [0.2, 0.25) is 0 Å². The summed E-state index contributed by atoms with van der Waals surface area (Å²) in [6.45, 7) is 8.05. The van der Waals surface area contributed by atoms with Crippen molar-refractivity contribution in [2.75, 3.05) is 5.73 Å². The normalized spacial score (nSPS) is 13.3. The molecule has 1 aromatic carbocycles. The van der Waals surface area contributed by atoms with Gasteiger partial charge in [0.15, 0.2) is 0 Å². The molecule has 0 radical (unpaired) electrons. The summed E-state index contributed by atoms with van der Waals surface area (Å²) in [6.07, 6.45) is 11.8. The fourth-order valence-corrected chi connectivity index (χ4v) is 3.00. The van der Waals surface area contributed by atoms with Crippen LogP contribution in [-0.2, 0) is 0 Å². The number of nitrogens with two attached hydrogens (primary N) is 1. The molecule has 0 bridgehead atoms. The number of nitrogens with zero attached hydrogens (tertiary/aromatic N) is 1. The van der Waals surface area contributed by atoms with E-state index in [1.807, 2.05) is 58.0 Å². The van der Waals surface area contributed by atoms with E-state index in [1.165, 1.54) is 0 Å². The molecule has 0 aliphatic heterocycles. The molecule has 1 amide bonds. The number of benzene rings is 1. The number of allylic oxidation sites excluding steroid dienone is 2. The smallest absolute Gasteiger partial charge is 0.251 e. The summed E-state index contributed by atoms with van der Waals surface area (Å²) in [5.41, 5.74) is 9.71. The Bertz CT molecular complexity index is 850. The van der Waals surface area contributed by atoms with Crippen molar-refractivity contribution >= 4 is 11.6 Å². The second-order valence-electron chi connectivity index (χ2n) is 6.76. The van der Waals surface area contributed by atoms with E-state index in [0.717, 1.165) is 29.5 Å². The van der Waals surface area contributed by atoms with Crippen LogP contribution in [0.4, 0.5) is 5.69 Å². The molecule has 1 heterocycles. The number of pyridine rings is 1. The lowest BCUT2D eigenvalue weighted by Gasteiger charge is -2.29. The van der Waals surface area contributed by atoms with Crippen LogP contribution in [0.3, 0.4) is 0 Å². The molecule has 0 saturated carbocycles. The number of anilines is 1. The number of nitrogens with one attached hydrogen (secondary N) is 1. The average molecular weight is 364 g/mol. The number of hydrogen-bond donors (Lipinski definition) is 2. The molecule has 27 heavy (non-hydrogen) atoms. The third-order valence-electron chi connectivity index (χ3n) is 4.43. The highest BCUT2D eigenvalue weighted by molar-refractivity contribution is 5.96. The Labute approximate surface area is 162 Å². The van der Waals surface area contributed by atoms with Gasteiger partial charge in [0.05, 0.1) is 17.4 Å². The first kappa shape index (κ1) is 20.4. The predicted molar refractivity (Wildman–Crippen MR) is 113 cm³/mol. The highest BCUT2D eigenvalue weighted by atomic mass is 16.1. The fourth-order valence-electron chi connectivity index (χ4n) is 3.00. The van der Waals surface area contributed by atoms with E-state index in [2.05, 4.69) is 28.5 Å². The quantitative estimate of drug-likeness (QED) is 0.790. The maximum Gasteiger partial charge on any atom is 0.251 e. The van der Waals surface area contributed by atoms with Gasteiger partial charge in [0.1, 0.15) is 0 Å². The molecule has 0 saturated heterocycles. The van der Waals surface area contributed by atoms with Gasteiger partial charge in [-0.05, 0) is 56.0 Å². The van der Waals surface area contributed by atoms with E-state index in [-0.39, 0.29) is 5.91 Å². The minimum absolute atomic E-state index is 0.0978. The zero-order valence-electron chi connectivity index (χ0n) is 16.6. The lowest BCUT2D eigenvalue weighted by atomic mass is 9.89. The van der Waals surface area contributed by atoms with Crippen molar-refractivity contribution in [1.82, 2.24) is 10.3 Å². The summed E-state index contributed by atoms with van der Waals surface area (Å²) in [4.78, 5) is 16.8. The summed E-state index contributed by atoms with van der Waals surface area (Å²) in [5, 5.41) is 3.13. The van der Waals surface area contributed by atoms with Gasteiger partial charge in [-0.3, -0.25) is 9.78 Å². The standard InChI is InChI=1S/C21H23N3O.C2H6/c1-21(2,17-9-4-3-5-10-17)24-20(25)16-8-6-7-15(13-16)18-11-12-23-14-19(18)22;1-2/h4,6-14H,3,5,22H2,1-2H3,(H,24,25);1-2H3. The van der Waals surface area contributed by atoms with E-state index in [4.69, 9.17) is 5.73 Å². The van der Waals surface area contributed by atoms with Crippen molar-refractivity contribution in [3.05, 3.63) is 72.1 Å². The highest BCUT2D eigenvalue weighted by Gasteiger charge is 2.25. The van der Waals surface area contributed by atoms with Gasteiger partial charge >= 0.3 is 0 Å². The number of hydrogen-bond acceptors (Lipinski definition) is 3. The molecule has 0 atom stereocenters. The molecule has 3 N–H and O–H groups in total. The SMILES string of the molecule is CC.CC(C)(NC(=O)c1cccc(-c2ccncc2N)c1)C1=CCCC=C1. The molecule has 1 aromatic heterocycles. The van der Waals surface area contributed by atoms with E-state index in [0.29, 0.717) is 11.3 Å². The van der Waals surface area contributed by atoms with Crippen LogP contribution in [0.15, 0.2) is 66.5 Å². The van der Waals surface area contributed by atoms with Crippen LogP contribution < -0.4 is 11.1 Å². The molecular weight excluding hydrogens is 334 g/mol. The number of nitrogen functional groups attached to an aromatic ring is 1. The third kappa shape index (κ3) is 5.07. The van der Waals surface area contributed by atoms with Gasteiger partial charge in [-0.25, -0.2) is 0 Å². The average Bonchev–Trinajstić information content (AvgIpc) is 2.70. The van der Waals surface area contributed by atoms with Crippen LogP contribution in [0.5, 0.6) is 0 Å². The van der Waals surface area contributed by atoms with E-state index < -0.39 is 5.54 Å². The lowest BCUT2D eigenvalue weighted by Crippen LogP contribution is -2.44. The van der Waals surface area contributed by atoms with Gasteiger partial charge in [0, 0.05) is 17.3 Å². The maximum atomic E-state index is 12.8. The minimum atomic E-state index is -0.417. The van der Waals surface area contributed by atoms with E-state index >= 15 is 0 Å². The topological polar surface area (TPSA) is 68.0 Å². The Morgan fingerprint density at radius 2 is 1.96 bits per heavy atom. The fraction of sp³-hybridized carbons (Fsp3) is 0.304. The van der Waals surface area contributed by atoms with Crippen LogP contribution in [0, 0.1) is 0 Å². The summed E-state index contributed by atoms with van der Waals surface area (Å²) < 4.78 is 0. The molecule has 4 heteroatoms. The molecule has 0 unspecified atom stereocenters. The first-order valence-electron chi connectivity index (χ1n) is 9.47. The van der Waals surface area contributed by atoms with Crippen molar-refractivity contribution in [1.29, 1.82) is 0 Å². The van der Waals surface area contributed by atoms with E-state index in [9.17, 15) is 4.79 Å². The van der Waals surface area contributed by atoms with Gasteiger partial charge in [-0.15, -0.1) is 0 Å². The highest BCUT2D eigenvalue weighted by Crippen LogP contribution is 2.26. The zero-order valence-corrected chi connectivity index (χ0v) is 16.6. The predicted octanol–water partition coefficient (Wildman–Crippen LogP) is 5.14. The molecule has 1 aliphatic rings. The number of amides is 1. The molecule has 0 spiro atoms. The lowest BCUT2D eigenvalue weighted by molar-refractivity contribution is 0.0925. The van der Waals surface area contributed by atoms with E-state index in [1.54, 1.807) is 12.4 Å². The summed E-state index contributed by atoms with van der Waals surface area (Å²) in [5.74, 6) is -0.0978. The Kier molecular flexibility index (Phi) is 6.94. The summed E-state index contributed by atoms with van der Waals surface area (Å²) in [7, 11) is 0. The molecule has 1 aliphatic carbocycles. The van der Waals surface area contributed by atoms with Gasteiger partial charge in [-0.2, -0.15) is 0 Å². The largest absolute Gasteiger partial charge is 0.397 e. The van der Waals surface area contributed by atoms with Crippen LogP contribution in [0.25, 0.3) is 11.1 Å². The number of carbonyl (C=O) groups is 1. The zero-order chi connectivity index (χ0) is 19.9. The minimum Gasteiger partial charge on any atom is -0.397 e. The second kappa shape index (κ2) is 9.17. The van der Waals surface area contributed by atoms with Crippen molar-refractivity contribution in [3.8, 4) is 11.1 Å². The molecule has 3 rings (SSSR count). The first-order chi connectivity index (χ1) is 13.0. The van der Waals surface area contributed by atoms with Crippen LogP contribution in [0.2, 0.25) is 0 Å². The first-order valence-corrected chi connectivity index (χ1v) is 9.47. The van der Waals surface area contributed by atoms with Gasteiger partial charge < -0.3 is 11.1 Å². The third-order valence-corrected chi connectivity index (χ3v) is 4.43. The Balaban J connectivity index is 0.00000126. The van der Waals surface area contributed by atoms with Crippen molar-refractivity contribution < 1.29 is 4.79 Å². The second-order valence-corrected chi connectivity index (χ2v) is 6.76. The van der Waals surface area contributed by atoms with Crippen LogP contribution >= 0.6 is 0 Å². The Hall–Kier alpha value is -2.88. The monoisotopic (exact) mass is 363 g/mol. The number of aromatic nitrogens is 1. The molecule has 4 nitrogen and oxygen atoms in total. The summed E-state index contributed by atoms with van der Waals surface area (Å²) in [6, 6.07) is 9.35. The van der Waals surface area contributed by atoms with Crippen molar-refractivity contribution in [2.24, 2.45) is 0 Å². The number of carbonyl (C=O) groups excluding carboxylic acids is 1. The van der Waals surface area contributed by atoms with Crippen molar-refractivity contribution in [3.63, 3.8) is 0 Å². The van der Waals surface area contributed by atoms with Crippen LogP contribution in [0.1, 0.15) is 50.9 Å². The molecule has 142 valence electrons. The maximum absolute atomic E-state index is 12.8. The molecular formula is C23H29N3O. The molecule has 2 aromatic rings. The number of rotatable bonds is 4. The molecule has 0 fully saturated rings. The van der Waals surface area contributed by atoms with Gasteiger partial charge in [-0.1, -0.05) is 44.2 Å². The Morgan fingerprint density at radius 3 is 2.63 bits per heavy atom.